The van der Waals surface area contributed by atoms with Crippen LogP contribution in [0.5, 0.6) is 5.75 Å². The molecule has 0 aliphatic carbocycles. The Morgan fingerprint density at radius 2 is 1.96 bits per heavy atom. The van der Waals surface area contributed by atoms with Crippen LogP contribution in [0.25, 0.3) is 11.0 Å². The minimum atomic E-state index is -1.13. The van der Waals surface area contributed by atoms with Gasteiger partial charge in [0.1, 0.15) is 23.0 Å². The summed E-state index contributed by atoms with van der Waals surface area (Å²) in [4.78, 5) is 24.0. The van der Waals surface area contributed by atoms with Gasteiger partial charge in [-0.25, -0.2) is 9.59 Å². The minimum Gasteiger partial charge on any atom is -0.484 e. The Morgan fingerprint density at radius 3 is 2.64 bits per heavy atom. The number of carbonyl (C=O) groups excluding carboxylic acids is 1. The van der Waals surface area contributed by atoms with Crippen molar-refractivity contribution in [3.05, 3.63) is 51.9 Å². The molecule has 1 aliphatic rings. The second kappa shape index (κ2) is 6.04. The van der Waals surface area contributed by atoms with Gasteiger partial charge in [-0.05, 0) is 45.9 Å². The maximum atomic E-state index is 12.3. The van der Waals surface area contributed by atoms with Gasteiger partial charge in [0.15, 0.2) is 6.10 Å². The van der Waals surface area contributed by atoms with Crippen molar-refractivity contribution in [2.24, 2.45) is 0 Å². The predicted octanol–water partition coefficient (Wildman–Crippen LogP) is 2.88. The SMILES string of the molecule is CC=C(C)C(=O)O[C@@H]1c2c(ccc3ccc(=O)oc23)OC(C)(C)[C@@H]1O. The molecule has 0 amide bonds. The number of rotatable bonds is 2. The van der Waals surface area contributed by atoms with Crippen molar-refractivity contribution in [2.45, 2.75) is 45.5 Å². The highest BCUT2D eigenvalue weighted by Gasteiger charge is 2.46. The highest BCUT2D eigenvalue weighted by atomic mass is 16.6. The molecule has 25 heavy (non-hydrogen) atoms. The van der Waals surface area contributed by atoms with Crippen molar-refractivity contribution in [1.29, 1.82) is 0 Å². The lowest BCUT2D eigenvalue weighted by Crippen LogP contribution is -2.50. The van der Waals surface area contributed by atoms with Gasteiger partial charge >= 0.3 is 11.6 Å². The van der Waals surface area contributed by atoms with Crippen LogP contribution < -0.4 is 10.4 Å². The van der Waals surface area contributed by atoms with Crippen LogP contribution in [0, 0.1) is 0 Å². The predicted molar refractivity (Wildman–Crippen MR) is 91.5 cm³/mol. The van der Waals surface area contributed by atoms with E-state index in [2.05, 4.69) is 0 Å². The first-order valence-electron chi connectivity index (χ1n) is 8.02. The van der Waals surface area contributed by atoms with Crippen LogP contribution in [0.15, 0.2) is 45.1 Å². The van der Waals surface area contributed by atoms with Gasteiger partial charge in [0.2, 0.25) is 0 Å². The molecule has 0 unspecified atom stereocenters. The molecule has 1 aliphatic heterocycles. The van der Waals surface area contributed by atoms with Gasteiger partial charge in [0.25, 0.3) is 0 Å². The van der Waals surface area contributed by atoms with E-state index in [1.54, 1.807) is 52.0 Å². The highest BCUT2D eigenvalue weighted by Crippen LogP contribution is 2.45. The van der Waals surface area contributed by atoms with Crippen molar-refractivity contribution < 1.29 is 23.8 Å². The Morgan fingerprint density at radius 1 is 1.28 bits per heavy atom. The van der Waals surface area contributed by atoms with Crippen LogP contribution in [0.3, 0.4) is 0 Å². The van der Waals surface area contributed by atoms with Gasteiger partial charge in [-0.15, -0.1) is 0 Å². The standard InChI is InChI=1S/C19H20O6/c1-5-10(2)18(22)24-16-14-12(25-19(3,4)17(16)21)8-6-11-7-9-13(20)23-15(11)14/h5-9,16-17,21H,1-4H3/t16-,17-/m1/s1. The molecule has 6 nitrogen and oxygen atoms in total. The summed E-state index contributed by atoms with van der Waals surface area (Å²) >= 11 is 0. The van der Waals surface area contributed by atoms with Crippen molar-refractivity contribution in [2.75, 3.05) is 0 Å². The van der Waals surface area contributed by atoms with E-state index in [0.717, 1.165) is 0 Å². The molecular weight excluding hydrogens is 324 g/mol. The van der Waals surface area contributed by atoms with Crippen LogP contribution in [0.4, 0.5) is 0 Å². The molecule has 0 saturated heterocycles. The van der Waals surface area contributed by atoms with E-state index >= 15 is 0 Å². The maximum absolute atomic E-state index is 12.3. The molecule has 132 valence electrons. The molecule has 2 heterocycles. The summed E-state index contributed by atoms with van der Waals surface area (Å²) in [6, 6.07) is 6.39. The third kappa shape index (κ3) is 2.93. The second-order valence-electron chi connectivity index (χ2n) is 6.60. The van der Waals surface area contributed by atoms with Gasteiger partial charge < -0.3 is 19.0 Å². The molecule has 1 aromatic carbocycles. The number of ether oxygens (including phenoxy) is 2. The monoisotopic (exact) mass is 344 g/mol. The average molecular weight is 344 g/mol. The smallest absolute Gasteiger partial charge is 0.336 e. The zero-order chi connectivity index (χ0) is 18.4. The van der Waals surface area contributed by atoms with Crippen molar-refractivity contribution >= 4 is 16.9 Å². The van der Waals surface area contributed by atoms with Crippen molar-refractivity contribution in [3.63, 3.8) is 0 Å². The van der Waals surface area contributed by atoms with E-state index in [-0.39, 0.29) is 5.58 Å². The lowest BCUT2D eigenvalue weighted by atomic mass is 9.87. The van der Waals surface area contributed by atoms with Crippen molar-refractivity contribution in [1.82, 2.24) is 0 Å². The fraction of sp³-hybridized carbons (Fsp3) is 0.368. The fourth-order valence-corrected chi connectivity index (χ4v) is 2.81. The number of aliphatic hydroxyl groups is 1. The van der Waals surface area contributed by atoms with Crippen LogP contribution >= 0.6 is 0 Å². The second-order valence-corrected chi connectivity index (χ2v) is 6.60. The number of esters is 1. The first-order valence-corrected chi connectivity index (χ1v) is 8.02. The number of carbonyl (C=O) groups is 1. The Balaban J connectivity index is 2.22. The van der Waals surface area contributed by atoms with E-state index in [9.17, 15) is 14.7 Å². The molecule has 0 radical (unpaired) electrons. The van der Waals surface area contributed by atoms with Gasteiger partial charge in [0.05, 0.1) is 5.56 Å². The van der Waals surface area contributed by atoms with Gasteiger partial charge in [0, 0.05) is 17.0 Å². The van der Waals surface area contributed by atoms with Gasteiger partial charge in [-0.2, -0.15) is 0 Å². The summed E-state index contributed by atoms with van der Waals surface area (Å²) in [5.41, 5.74) is -0.491. The number of benzene rings is 1. The van der Waals surface area contributed by atoms with Crippen LogP contribution in [-0.4, -0.2) is 22.8 Å². The summed E-state index contributed by atoms with van der Waals surface area (Å²) in [5, 5.41) is 11.4. The van der Waals surface area contributed by atoms with E-state index < -0.39 is 29.4 Å². The molecule has 2 atom stereocenters. The fourth-order valence-electron chi connectivity index (χ4n) is 2.81. The molecule has 0 fully saturated rings. The largest absolute Gasteiger partial charge is 0.484 e. The van der Waals surface area contributed by atoms with E-state index in [0.29, 0.717) is 22.3 Å². The van der Waals surface area contributed by atoms with E-state index in [1.165, 1.54) is 6.07 Å². The molecule has 6 heteroatoms. The molecule has 1 N–H and O–H groups in total. The summed E-state index contributed by atoms with van der Waals surface area (Å²) in [6.07, 6.45) is -0.524. The van der Waals surface area contributed by atoms with Gasteiger partial charge in [-0.1, -0.05) is 6.08 Å². The number of fused-ring (bicyclic) bond motifs is 3. The molecule has 0 bridgehead atoms. The Hall–Kier alpha value is -2.60. The minimum absolute atomic E-state index is 0.246. The zero-order valence-corrected chi connectivity index (χ0v) is 14.5. The Bertz CT molecular complexity index is 921. The first kappa shape index (κ1) is 17.2. The summed E-state index contributed by atoms with van der Waals surface area (Å²) < 4.78 is 16.7. The number of hydrogen-bond donors (Lipinski definition) is 1. The summed E-state index contributed by atoms with van der Waals surface area (Å²) in [7, 11) is 0. The maximum Gasteiger partial charge on any atom is 0.336 e. The lowest BCUT2D eigenvalue weighted by Gasteiger charge is -2.41. The Kier molecular flexibility index (Phi) is 4.16. The first-order chi connectivity index (χ1) is 11.7. The summed E-state index contributed by atoms with van der Waals surface area (Å²) in [5.74, 6) is -0.140. The van der Waals surface area contributed by atoms with Crippen molar-refractivity contribution in [3.8, 4) is 5.75 Å². The topological polar surface area (TPSA) is 86.0 Å². The van der Waals surface area contributed by atoms with E-state index in [1.807, 2.05) is 0 Å². The zero-order valence-electron chi connectivity index (χ0n) is 14.5. The molecule has 0 spiro atoms. The molecule has 3 rings (SSSR count). The molecular formula is C19H20O6. The third-order valence-electron chi connectivity index (χ3n) is 4.43. The third-order valence-corrected chi connectivity index (χ3v) is 4.43. The average Bonchev–Trinajstić information content (AvgIpc) is 2.57. The number of aliphatic hydroxyl groups excluding tert-OH is 1. The summed E-state index contributed by atoms with van der Waals surface area (Å²) in [6.45, 7) is 6.76. The quantitative estimate of drug-likeness (QED) is 0.512. The lowest BCUT2D eigenvalue weighted by molar-refractivity contribution is -0.166. The van der Waals surface area contributed by atoms with Gasteiger partial charge in [-0.3, -0.25) is 0 Å². The number of hydrogen-bond acceptors (Lipinski definition) is 6. The highest BCUT2D eigenvalue weighted by molar-refractivity contribution is 5.89. The van der Waals surface area contributed by atoms with E-state index in [4.69, 9.17) is 13.9 Å². The normalized spacial score (nSPS) is 22.2. The van der Waals surface area contributed by atoms with Crippen LogP contribution in [0.1, 0.15) is 39.4 Å². The molecule has 0 saturated carbocycles. The molecule has 1 aromatic heterocycles. The van der Waals surface area contributed by atoms with Crippen LogP contribution in [-0.2, 0) is 9.53 Å². The Labute approximate surface area is 144 Å². The number of allylic oxidation sites excluding steroid dienone is 1. The molecule has 2 aromatic rings. The van der Waals surface area contributed by atoms with Crippen LogP contribution in [0.2, 0.25) is 0 Å².